The molecule has 0 saturated carbocycles. The normalized spacial score (nSPS) is 16.7. The largest absolute Gasteiger partial charge is 0.508 e. The van der Waals surface area contributed by atoms with E-state index in [4.69, 9.17) is 0 Å². The summed E-state index contributed by atoms with van der Waals surface area (Å²) in [4.78, 5) is 2.58. The maximum atomic E-state index is 13.0. The van der Waals surface area contributed by atoms with Gasteiger partial charge >= 0.3 is 0 Å². The van der Waals surface area contributed by atoms with E-state index in [2.05, 4.69) is 4.90 Å². The predicted molar refractivity (Wildman–Crippen MR) is 115 cm³/mol. The van der Waals surface area contributed by atoms with Crippen LogP contribution in [0.15, 0.2) is 65.6 Å². The number of nitrogens with zero attached hydrogens (tertiary/aromatic N) is 2. The lowest BCUT2D eigenvalue weighted by atomic mass is 10.0. The van der Waals surface area contributed by atoms with E-state index in [0.29, 0.717) is 31.1 Å². The van der Waals surface area contributed by atoms with Gasteiger partial charge in [-0.3, -0.25) is 4.90 Å². The summed E-state index contributed by atoms with van der Waals surface area (Å²) >= 11 is 0. The van der Waals surface area contributed by atoms with Gasteiger partial charge in [-0.2, -0.15) is 4.31 Å². The van der Waals surface area contributed by atoms with Crippen molar-refractivity contribution in [1.29, 1.82) is 0 Å². The third kappa shape index (κ3) is 4.15. The highest BCUT2D eigenvalue weighted by Crippen LogP contribution is 2.29. The van der Waals surface area contributed by atoms with Crippen molar-refractivity contribution in [1.82, 2.24) is 9.21 Å². The van der Waals surface area contributed by atoms with Crippen LogP contribution in [0.1, 0.15) is 17.5 Å². The van der Waals surface area contributed by atoms with Crippen LogP contribution in [-0.4, -0.2) is 48.9 Å². The second-order valence-electron chi connectivity index (χ2n) is 7.63. The highest BCUT2D eigenvalue weighted by molar-refractivity contribution is 7.89. The monoisotopic (exact) mass is 410 g/mol. The molecular weight excluding hydrogens is 384 g/mol. The number of aromatic hydroxyl groups is 1. The lowest BCUT2D eigenvalue weighted by Crippen LogP contribution is -2.35. The maximum absolute atomic E-state index is 13.0. The third-order valence-corrected chi connectivity index (χ3v) is 7.52. The fourth-order valence-electron chi connectivity index (χ4n) is 3.92. The molecule has 152 valence electrons. The van der Waals surface area contributed by atoms with Gasteiger partial charge < -0.3 is 5.11 Å². The van der Waals surface area contributed by atoms with Crippen LogP contribution in [0.25, 0.3) is 10.8 Å². The molecule has 1 fully saturated rings. The van der Waals surface area contributed by atoms with Gasteiger partial charge in [-0.15, -0.1) is 0 Å². The van der Waals surface area contributed by atoms with Crippen molar-refractivity contribution in [3.63, 3.8) is 0 Å². The fourth-order valence-corrected chi connectivity index (χ4v) is 5.39. The number of phenols is 1. The van der Waals surface area contributed by atoms with E-state index in [1.54, 1.807) is 22.5 Å². The topological polar surface area (TPSA) is 60.9 Å². The molecule has 6 heteroatoms. The Morgan fingerprint density at radius 3 is 2.45 bits per heavy atom. The first-order chi connectivity index (χ1) is 13.9. The van der Waals surface area contributed by atoms with Crippen molar-refractivity contribution in [2.24, 2.45) is 0 Å². The van der Waals surface area contributed by atoms with Crippen molar-refractivity contribution in [2.45, 2.75) is 24.8 Å². The Kier molecular flexibility index (Phi) is 5.58. The Morgan fingerprint density at radius 2 is 1.66 bits per heavy atom. The summed E-state index contributed by atoms with van der Waals surface area (Å²) in [5.41, 5.74) is 1.94. The first-order valence-corrected chi connectivity index (χ1v) is 11.4. The quantitative estimate of drug-likeness (QED) is 0.712. The number of rotatable bonds is 4. The van der Waals surface area contributed by atoms with Crippen molar-refractivity contribution in [2.75, 3.05) is 26.2 Å². The lowest BCUT2D eigenvalue weighted by molar-refractivity contribution is 0.275. The van der Waals surface area contributed by atoms with Gasteiger partial charge in [0.1, 0.15) is 5.75 Å². The minimum Gasteiger partial charge on any atom is -0.508 e. The standard InChI is InChI=1S/C23H26N2O3S/c1-18-7-10-20(11-8-18)29(27,28)25-14-4-13-24(15-16-25)17-22-21-6-3-2-5-19(21)9-12-23(22)26/h2-3,5-12,26H,4,13-17H2,1H3. The van der Waals surface area contributed by atoms with E-state index < -0.39 is 10.0 Å². The van der Waals surface area contributed by atoms with Crippen LogP contribution in [0, 0.1) is 6.92 Å². The van der Waals surface area contributed by atoms with Crippen molar-refractivity contribution >= 4 is 20.8 Å². The summed E-state index contributed by atoms with van der Waals surface area (Å²) in [6.45, 7) is 4.93. The number of aryl methyl sites for hydroxylation is 1. The summed E-state index contributed by atoms with van der Waals surface area (Å²) < 4.78 is 27.6. The summed E-state index contributed by atoms with van der Waals surface area (Å²) in [5.74, 6) is 0.289. The average Bonchev–Trinajstić information content (AvgIpc) is 2.97. The maximum Gasteiger partial charge on any atom is 0.243 e. The Morgan fingerprint density at radius 1 is 0.897 bits per heavy atom. The molecule has 0 amide bonds. The lowest BCUT2D eigenvalue weighted by Gasteiger charge is -2.23. The molecule has 0 bridgehead atoms. The molecule has 4 rings (SSSR count). The molecule has 0 radical (unpaired) electrons. The van der Waals surface area contributed by atoms with E-state index in [1.165, 1.54) is 0 Å². The number of fused-ring (bicyclic) bond motifs is 1. The van der Waals surface area contributed by atoms with Gasteiger partial charge in [-0.25, -0.2) is 8.42 Å². The molecule has 29 heavy (non-hydrogen) atoms. The second-order valence-corrected chi connectivity index (χ2v) is 9.57. The highest BCUT2D eigenvalue weighted by atomic mass is 32.2. The van der Waals surface area contributed by atoms with Gasteiger partial charge in [-0.05, 0) is 48.9 Å². The average molecular weight is 411 g/mol. The Hall–Kier alpha value is -2.41. The van der Waals surface area contributed by atoms with Crippen LogP contribution in [0.2, 0.25) is 0 Å². The van der Waals surface area contributed by atoms with Gasteiger partial charge in [0.2, 0.25) is 10.0 Å². The second kappa shape index (κ2) is 8.14. The van der Waals surface area contributed by atoms with Gasteiger partial charge in [0.15, 0.2) is 0 Å². The molecule has 0 spiro atoms. The number of benzene rings is 3. The predicted octanol–water partition coefficient (Wildman–Crippen LogP) is 3.75. The van der Waals surface area contributed by atoms with Crippen LogP contribution < -0.4 is 0 Å². The molecule has 3 aromatic rings. The van der Waals surface area contributed by atoms with Crippen molar-refractivity contribution < 1.29 is 13.5 Å². The minimum absolute atomic E-state index is 0.289. The molecule has 1 saturated heterocycles. The molecule has 0 unspecified atom stereocenters. The van der Waals surface area contributed by atoms with Crippen molar-refractivity contribution in [3.8, 4) is 5.75 Å². The first-order valence-electron chi connectivity index (χ1n) is 9.94. The Bertz CT molecular complexity index is 1110. The molecule has 0 aliphatic carbocycles. The van der Waals surface area contributed by atoms with Crippen molar-refractivity contribution in [3.05, 3.63) is 71.8 Å². The zero-order valence-electron chi connectivity index (χ0n) is 16.6. The van der Waals surface area contributed by atoms with Crippen LogP contribution in [0.4, 0.5) is 0 Å². The van der Waals surface area contributed by atoms with Crippen LogP contribution in [-0.2, 0) is 16.6 Å². The zero-order chi connectivity index (χ0) is 20.4. The minimum atomic E-state index is -3.48. The Balaban J connectivity index is 1.51. The van der Waals surface area contributed by atoms with Gasteiger partial charge in [0, 0.05) is 31.7 Å². The molecule has 1 N–H and O–H groups in total. The summed E-state index contributed by atoms with van der Waals surface area (Å²) in [6.07, 6.45) is 0.761. The molecule has 0 atom stereocenters. The molecule has 1 aliphatic rings. The van der Waals surface area contributed by atoms with E-state index in [-0.39, 0.29) is 5.75 Å². The van der Waals surface area contributed by atoms with E-state index in [1.807, 2.05) is 49.4 Å². The van der Waals surface area contributed by atoms with Gasteiger partial charge in [-0.1, -0.05) is 48.0 Å². The zero-order valence-corrected chi connectivity index (χ0v) is 17.4. The summed E-state index contributed by atoms with van der Waals surface area (Å²) in [7, 11) is -3.48. The first kappa shape index (κ1) is 19.9. The van der Waals surface area contributed by atoms with Gasteiger partial charge in [0.05, 0.1) is 4.90 Å². The number of hydrogen-bond donors (Lipinski definition) is 1. The molecule has 0 aromatic heterocycles. The molecule has 3 aromatic carbocycles. The number of hydrogen-bond acceptors (Lipinski definition) is 4. The SMILES string of the molecule is Cc1ccc(S(=O)(=O)N2CCCN(Cc3c(O)ccc4ccccc34)CC2)cc1. The van der Waals surface area contributed by atoms with E-state index in [0.717, 1.165) is 34.9 Å². The van der Waals surface area contributed by atoms with Crippen LogP contribution in [0.3, 0.4) is 0 Å². The van der Waals surface area contributed by atoms with E-state index >= 15 is 0 Å². The van der Waals surface area contributed by atoms with E-state index in [9.17, 15) is 13.5 Å². The highest BCUT2D eigenvalue weighted by Gasteiger charge is 2.27. The van der Waals surface area contributed by atoms with Gasteiger partial charge in [0.25, 0.3) is 0 Å². The Labute approximate surface area is 172 Å². The molecule has 5 nitrogen and oxygen atoms in total. The van der Waals surface area contributed by atoms with Crippen LogP contribution >= 0.6 is 0 Å². The fraction of sp³-hybridized carbons (Fsp3) is 0.304. The third-order valence-electron chi connectivity index (χ3n) is 5.60. The smallest absolute Gasteiger partial charge is 0.243 e. The summed E-state index contributed by atoms with van der Waals surface area (Å²) in [6, 6.07) is 18.7. The summed E-state index contributed by atoms with van der Waals surface area (Å²) in [5, 5.41) is 12.6. The number of phenolic OH excluding ortho intramolecular Hbond substituents is 1. The molecule has 1 heterocycles. The molecular formula is C23H26N2O3S. The molecule has 1 aliphatic heterocycles. The number of sulfonamides is 1. The van der Waals surface area contributed by atoms with Crippen LogP contribution in [0.5, 0.6) is 5.75 Å².